The lowest BCUT2D eigenvalue weighted by Gasteiger charge is -2.39. The van der Waals surface area contributed by atoms with Crippen LogP contribution in [0.5, 0.6) is 0 Å². The van der Waals surface area contributed by atoms with Gasteiger partial charge in [-0.3, -0.25) is 0 Å². The molecule has 0 bridgehead atoms. The van der Waals surface area contributed by atoms with Gasteiger partial charge in [0.15, 0.2) is 0 Å². The van der Waals surface area contributed by atoms with E-state index in [9.17, 15) is 0 Å². The van der Waals surface area contributed by atoms with Crippen molar-refractivity contribution in [3.05, 3.63) is 29.8 Å². The van der Waals surface area contributed by atoms with E-state index in [2.05, 4.69) is 48.3 Å². The van der Waals surface area contributed by atoms with Gasteiger partial charge in [-0.1, -0.05) is 26.0 Å². The largest absolute Gasteiger partial charge is 0.371 e. The number of nitrogens with zero attached hydrogens (tertiary/aromatic N) is 1. The standard InChI is InChI=1S/C13H20N2/c1-3-14-8-12-4-6-13(7-5-12)15-9-11(2)10-15/h4-7,11,14H,3,8-10H2,1-2H3. The maximum absolute atomic E-state index is 3.33. The van der Waals surface area contributed by atoms with Crippen molar-refractivity contribution in [1.82, 2.24) is 5.32 Å². The second-order valence-corrected chi connectivity index (χ2v) is 4.46. The smallest absolute Gasteiger partial charge is 0.0366 e. The Balaban J connectivity index is 1.92. The normalized spacial score (nSPS) is 16.5. The van der Waals surface area contributed by atoms with Crippen molar-refractivity contribution < 1.29 is 0 Å². The van der Waals surface area contributed by atoms with Crippen molar-refractivity contribution in [3.8, 4) is 0 Å². The molecular formula is C13H20N2. The molecule has 15 heavy (non-hydrogen) atoms. The highest BCUT2D eigenvalue weighted by Crippen LogP contribution is 2.24. The molecular weight excluding hydrogens is 184 g/mol. The van der Waals surface area contributed by atoms with Crippen LogP contribution in [0.1, 0.15) is 19.4 Å². The van der Waals surface area contributed by atoms with Crippen LogP contribution in [0.2, 0.25) is 0 Å². The highest BCUT2D eigenvalue weighted by atomic mass is 15.2. The molecule has 1 saturated heterocycles. The molecule has 0 amide bonds. The zero-order valence-electron chi connectivity index (χ0n) is 9.66. The van der Waals surface area contributed by atoms with E-state index in [4.69, 9.17) is 0 Å². The fourth-order valence-electron chi connectivity index (χ4n) is 2.00. The molecule has 2 rings (SSSR count). The molecule has 1 aromatic rings. The fourth-order valence-corrected chi connectivity index (χ4v) is 2.00. The third kappa shape index (κ3) is 2.51. The Morgan fingerprint density at radius 3 is 2.47 bits per heavy atom. The second-order valence-electron chi connectivity index (χ2n) is 4.46. The topological polar surface area (TPSA) is 15.3 Å². The van der Waals surface area contributed by atoms with E-state index < -0.39 is 0 Å². The molecule has 0 aromatic heterocycles. The van der Waals surface area contributed by atoms with Gasteiger partial charge in [0.1, 0.15) is 0 Å². The van der Waals surface area contributed by atoms with Crippen LogP contribution in [-0.2, 0) is 6.54 Å². The summed E-state index contributed by atoms with van der Waals surface area (Å²) in [5, 5.41) is 3.33. The quantitative estimate of drug-likeness (QED) is 0.809. The predicted octanol–water partition coefficient (Wildman–Crippen LogP) is 2.25. The van der Waals surface area contributed by atoms with Gasteiger partial charge in [-0.05, 0) is 30.2 Å². The van der Waals surface area contributed by atoms with E-state index in [1.54, 1.807) is 0 Å². The van der Waals surface area contributed by atoms with Crippen LogP contribution in [0, 0.1) is 5.92 Å². The molecule has 0 atom stereocenters. The minimum absolute atomic E-state index is 0.867. The average Bonchev–Trinajstić information content (AvgIpc) is 2.23. The lowest BCUT2D eigenvalue weighted by atomic mass is 10.0. The summed E-state index contributed by atoms with van der Waals surface area (Å²) in [6, 6.07) is 8.92. The van der Waals surface area contributed by atoms with E-state index in [0.717, 1.165) is 19.0 Å². The molecule has 1 heterocycles. The minimum atomic E-state index is 0.867. The molecule has 0 unspecified atom stereocenters. The second kappa shape index (κ2) is 4.67. The van der Waals surface area contributed by atoms with Crippen LogP contribution >= 0.6 is 0 Å². The number of rotatable bonds is 4. The van der Waals surface area contributed by atoms with Gasteiger partial charge in [-0.25, -0.2) is 0 Å². The van der Waals surface area contributed by atoms with Crippen LogP contribution in [-0.4, -0.2) is 19.6 Å². The molecule has 0 saturated carbocycles. The molecule has 2 heteroatoms. The summed E-state index contributed by atoms with van der Waals surface area (Å²) in [4.78, 5) is 2.43. The molecule has 0 aliphatic carbocycles. The first-order valence-electron chi connectivity index (χ1n) is 5.84. The predicted molar refractivity (Wildman–Crippen MR) is 65.2 cm³/mol. The SMILES string of the molecule is CCNCc1ccc(N2CC(C)C2)cc1. The molecule has 1 aliphatic rings. The zero-order chi connectivity index (χ0) is 10.7. The number of anilines is 1. The van der Waals surface area contributed by atoms with E-state index in [1.807, 2.05) is 0 Å². The van der Waals surface area contributed by atoms with Gasteiger partial charge in [0.05, 0.1) is 0 Å². The Labute approximate surface area is 92.3 Å². The van der Waals surface area contributed by atoms with Crippen molar-refractivity contribution in [1.29, 1.82) is 0 Å². The Kier molecular flexibility index (Phi) is 3.27. The molecule has 2 nitrogen and oxygen atoms in total. The molecule has 1 N–H and O–H groups in total. The molecule has 82 valence electrons. The van der Waals surface area contributed by atoms with Crippen molar-refractivity contribution in [2.75, 3.05) is 24.5 Å². The summed E-state index contributed by atoms with van der Waals surface area (Å²) in [5.41, 5.74) is 2.74. The van der Waals surface area contributed by atoms with Gasteiger partial charge in [-0.15, -0.1) is 0 Å². The summed E-state index contributed by atoms with van der Waals surface area (Å²) in [7, 11) is 0. The van der Waals surface area contributed by atoms with Gasteiger partial charge < -0.3 is 10.2 Å². The number of hydrogen-bond donors (Lipinski definition) is 1. The summed E-state index contributed by atoms with van der Waals surface area (Å²) in [6.45, 7) is 8.88. The van der Waals surface area contributed by atoms with Crippen LogP contribution < -0.4 is 10.2 Å². The highest BCUT2D eigenvalue weighted by Gasteiger charge is 2.22. The number of nitrogens with one attached hydrogen (secondary N) is 1. The van der Waals surface area contributed by atoms with Crippen molar-refractivity contribution in [3.63, 3.8) is 0 Å². The Morgan fingerprint density at radius 2 is 1.93 bits per heavy atom. The fraction of sp³-hybridized carbons (Fsp3) is 0.538. The molecule has 0 radical (unpaired) electrons. The van der Waals surface area contributed by atoms with Gasteiger partial charge >= 0.3 is 0 Å². The maximum atomic E-state index is 3.33. The summed E-state index contributed by atoms with van der Waals surface area (Å²) < 4.78 is 0. The van der Waals surface area contributed by atoms with E-state index in [-0.39, 0.29) is 0 Å². The zero-order valence-corrected chi connectivity index (χ0v) is 9.66. The summed E-state index contributed by atoms with van der Waals surface area (Å²) in [6.07, 6.45) is 0. The summed E-state index contributed by atoms with van der Waals surface area (Å²) >= 11 is 0. The van der Waals surface area contributed by atoms with Crippen LogP contribution in [0.4, 0.5) is 5.69 Å². The van der Waals surface area contributed by atoms with Crippen molar-refractivity contribution >= 4 is 5.69 Å². The maximum Gasteiger partial charge on any atom is 0.0366 e. The molecule has 1 aliphatic heterocycles. The Bertz CT molecular complexity index is 299. The Morgan fingerprint density at radius 1 is 1.27 bits per heavy atom. The van der Waals surface area contributed by atoms with Crippen molar-refractivity contribution in [2.45, 2.75) is 20.4 Å². The number of benzene rings is 1. The average molecular weight is 204 g/mol. The molecule has 1 aromatic carbocycles. The van der Waals surface area contributed by atoms with Gasteiger partial charge in [0.25, 0.3) is 0 Å². The first-order valence-corrected chi connectivity index (χ1v) is 5.84. The number of hydrogen-bond acceptors (Lipinski definition) is 2. The van der Waals surface area contributed by atoms with Crippen LogP contribution in [0.25, 0.3) is 0 Å². The van der Waals surface area contributed by atoms with Gasteiger partial charge in [-0.2, -0.15) is 0 Å². The lowest BCUT2D eigenvalue weighted by Crippen LogP contribution is -2.45. The van der Waals surface area contributed by atoms with Crippen LogP contribution in [0.15, 0.2) is 24.3 Å². The third-order valence-electron chi connectivity index (χ3n) is 2.94. The van der Waals surface area contributed by atoms with Gasteiger partial charge in [0, 0.05) is 25.3 Å². The molecule has 1 fully saturated rings. The van der Waals surface area contributed by atoms with E-state index >= 15 is 0 Å². The lowest BCUT2D eigenvalue weighted by molar-refractivity contribution is 0.447. The first-order chi connectivity index (χ1) is 7.29. The molecule has 0 spiro atoms. The van der Waals surface area contributed by atoms with E-state index in [0.29, 0.717) is 0 Å². The summed E-state index contributed by atoms with van der Waals surface area (Å²) in [5.74, 6) is 0.867. The van der Waals surface area contributed by atoms with Gasteiger partial charge in [0.2, 0.25) is 0 Å². The third-order valence-corrected chi connectivity index (χ3v) is 2.94. The monoisotopic (exact) mass is 204 g/mol. The van der Waals surface area contributed by atoms with Crippen molar-refractivity contribution in [2.24, 2.45) is 5.92 Å². The van der Waals surface area contributed by atoms with E-state index in [1.165, 1.54) is 24.3 Å². The Hall–Kier alpha value is -1.02. The first kappa shape index (κ1) is 10.5. The minimum Gasteiger partial charge on any atom is -0.371 e. The highest BCUT2D eigenvalue weighted by molar-refractivity contribution is 5.49. The van der Waals surface area contributed by atoms with Crippen LogP contribution in [0.3, 0.4) is 0 Å².